The lowest BCUT2D eigenvalue weighted by Crippen LogP contribution is -2.14. The van der Waals surface area contributed by atoms with E-state index in [1.165, 1.54) is 33.3 Å². The van der Waals surface area contributed by atoms with Crippen LogP contribution in [0.2, 0.25) is 0 Å². The van der Waals surface area contributed by atoms with Gasteiger partial charge in [-0.3, -0.25) is 0 Å². The highest BCUT2D eigenvalue weighted by Crippen LogP contribution is 2.53. The van der Waals surface area contributed by atoms with Crippen molar-refractivity contribution in [3.63, 3.8) is 0 Å². The number of nitrogens with zero attached hydrogens (tertiary/aromatic N) is 3. The van der Waals surface area contributed by atoms with Crippen molar-refractivity contribution in [2.75, 3.05) is 0 Å². The number of allylic oxidation sites excluding steroid dienone is 4. The van der Waals surface area contributed by atoms with E-state index < -0.39 is 0 Å². The first kappa shape index (κ1) is 26.1. The predicted molar refractivity (Wildman–Crippen MR) is 185 cm³/mol. The van der Waals surface area contributed by atoms with Gasteiger partial charge < -0.3 is 4.57 Å². The SMILES string of the molecule is C=C/C=C(\C=C)c1nc(-c2cccc(-n3c4c(c5ccccc53)C(C)(C)c3ccccc3-4)c2)nc2c1ccc1ccccc12. The number of hydrogen-bond donors (Lipinski definition) is 0. The number of rotatable bonds is 5. The standard InChI is InChI=1S/C41H31N3/c1-5-14-26(6-2)37-33-24-23-27-15-7-8-18-30(27)38(33)43-40(42-37)28-16-13-17-29(25-28)44-35-22-12-10-20-32(35)36-39(44)31-19-9-11-21-34(31)41(36,3)4/h5-25H,1-2H2,3-4H3/b26-14+. The highest BCUT2D eigenvalue weighted by atomic mass is 15.0. The van der Waals surface area contributed by atoms with E-state index in [1.54, 1.807) is 6.08 Å². The van der Waals surface area contributed by atoms with Crippen molar-refractivity contribution < 1.29 is 0 Å². The number of hydrogen-bond acceptors (Lipinski definition) is 2. The van der Waals surface area contributed by atoms with Gasteiger partial charge in [0.05, 0.1) is 22.4 Å². The molecule has 0 bridgehead atoms. The van der Waals surface area contributed by atoms with E-state index in [-0.39, 0.29) is 5.41 Å². The maximum absolute atomic E-state index is 5.22. The normalized spacial score (nSPS) is 13.7. The number of para-hydroxylation sites is 1. The highest BCUT2D eigenvalue weighted by Gasteiger charge is 2.40. The van der Waals surface area contributed by atoms with Gasteiger partial charge >= 0.3 is 0 Å². The molecule has 1 aliphatic carbocycles. The molecule has 44 heavy (non-hydrogen) atoms. The smallest absolute Gasteiger partial charge is 0.160 e. The molecule has 0 N–H and O–H groups in total. The van der Waals surface area contributed by atoms with Crippen molar-refractivity contribution in [1.29, 1.82) is 0 Å². The molecule has 2 heterocycles. The van der Waals surface area contributed by atoms with Crippen LogP contribution in [0.1, 0.15) is 30.7 Å². The average molecular weight is 566 g/mol. The topological polar surface area (TPSA) is 30.7 Å². The van der Waals surface area contributed by atoms with Gasteiger partial charge in [-0.1, -0.05) is 130 Å². The summed E-state index contributed by atoms with van der Waals surface area (Å²) in [7, 11) is 0. The minimum atomic E-state index is -0.107. The molecule has 1 aliphatic rings. The third-order valence-corrected chi connectivity index (χ3v) is 9.10. The molecule has 0 unspecified atom stereocenters. The summed E-state index contributed by atoms with van der Waals surface area (Å²) in [5.74, 6) is 0.677. The molecule has 3 nitrogen and oxygen atoms in total. The first-order chi connectivity index (χ1) is 21.5. The van der Waals surface area contributed by atoms with Crippen molar-refractivity contribution in [3.8, 4) is 28.3 Å². The third kappa shape index (κ3) is 3.69. The first-order valence-electron chi connectivity index (χ1n) is 15.0. The van der Waals surface area contributed by atoms with Crippen LogP contribution in [0.3, 0.4) is 0 Å². The summed E-state index contributed by atoms with van der Waals surface area (Å²) >= 11 is 0. The second-order valence-corrected chi connectivity index (χ2v) is 11.9. The summed E-state index contributed by atoms with van der Waals surface area (Å²) in [4.78, 5) is 10.4. The Balaban J connectivity index is 1.41. The maximum atomic E-state index is 5.22. The zero-order valence-electron chi connectivity index (χ0n) is 24.9. The molecule has 0 atom stereocenters. The molecule has 3 heteroatoms. The van der Waals surface area contributed by atoms with Crippen LogP contribution in [0, 0.1) is 0 Å². The summed E-state index contributed by atoms with van der Waals surface area (Å²) in [6.45, 7) is 12.7. The van der Waals surface area contributed by atoms with Crippen molar-refractivity contribution in [2.45, 2.75) is 19.3 Å². The Kier molecular flexibility index (Phi) is 5.79. The number of aromatic nitrogens is 3. The Morgan fingerprint density at radius 1 is 0.750 bits per heavy atom. The lowest BCUT2D eigenvalue weighted by atomic mass is 9.81. The molecule has 0 fully saturated rings. The van der Waals surface area contributed by atoms with Gasteiger partial charge in [-0.05, 0) is 40.8 Å². The summed E-state index contributed by atoms with van der Waals surface area (Å²) < 4.78 is 2.42. The van der Waals surface area contributed by atoms with Gasteiger partial charge in [0.15, 0.2) is 5.82 Å². The Morgan fingerprint density at radius 2 is 1.52 bits per heavy atom. The first-order valence-corrected chi connectivity index (χ1v) is 15.0. The predicted octanol–water partition coefficient (Wildman–Crippen LogP) is 10.5. The van der Waals surface area contributed by atoms with E-state index in [0.717, 1.165) is 44.2 Å². The number of benzene rings is 5. The van der Waals surface area contributed by atoms with Crippen LogP contribution in [-0.2, 0) is 5.41 Å². The minimum absolute atomic E-state index is 0.107. The van der Waals surface area contributed by atoms with E-state index in [1.807, 2.05) is 12.2 Å². The molecule has 0 amide bonds. The second-order valence-electron chi connectivity index (χ2n) is 11.9. The second kappa shape index (κ2) is 9.75. The summed E-state index contributed by atoms with van der Waals surface area (Å²) in [5.41, 5.74) is 11.1. The van der Waals surface area contributed by atoms with E-state index in [4.69, 9.17) is 9.97 Å². The van der Waals surface area contributed by atoms with Crippen LogP contribution >= 0.6 is 0 Å². The molecule has 0 spiro atoms. The highest BCUT2D eigenvalue weighted by molar-refractivity contribution is 6.09. The van der Waals surface area contributed by atoms with Crippen molar-refractivity contribution in [3.05, 3.63) is 157 Å². The largest absolute Gasteiger partial charge is 0.309 e. The minimum Gasteiger partial charge on any atom is -0.309 e. The Labute approximate surface area is 257 Å². The Hall–Kier alpha value is -5.54. The molecular weight excluding hydrogens is 534 g/mol. The fourth-order valence-electron chi connectivity index (χ4n) is 7.13. The fourth-order valence-corrected chi connectivity index (χ4v) is 7.13. The van der Waals surface area contributed by atoms with Gasteiger partial charge in [0.2, 0.25) is 0 Å². The monoisotopic (exact) mass is 565 g/mol. The van der Waals surface area contributed by atoms with E-state index in [0.29, 0.717) is 5.82 Å². The molecule has 210 valence electrons. The van der Waals surface area contributed by atoms with Crippen LogP contribution < -0.4 is 0 Å². The van der Waals surface area contributed by atoms with Crippen LogP contribution in [0.15, 0.2) is 141 Å². The molecule has 7 aromatic rings. The van der Waals surface area contributed by atoms with Crippen LogP contribution in [0.25, 0.3) is 66.5 Å². The lowest BCUT2D eigenvalue weighted by Gasteiger charge is -2.21. The van der Waals surface area contributed by atoms with Gasteiger partial charge in [0.25, 0.3) is 0 Å². The molecule has 2 aromatic heterocycles. The van der Waals surface area contributed by atoms with Crippen LogP contribution in [0.5, 0.6) is 0 Å². The van der Waals surface area contributed by atoms with E-state index in [9.17, 15) is 0 Å². The van der Waals surface area contributed by atoms with Gasteiger partial charge in [-0.15, -0.1) is 0 Å². The Bertz CT molecular complexity index is 2350. The van der Waals surface area contributed by atoms with Gasteiger partial charge in [-0.2, -0.15) is 0 Å². The molecule has 0 aliphatic heterocycles. The van der Waals surface area contributed by atoms with Crippen molar-refractivity contribution in [2.24, 2.45) is 0 Å². The summed E-state index contributed by atoms with van der Waals surface area (Å²) in [6, 6.07) is 38.8. The van der Waals surface area contributed by atoms with Gasteiger partial charge in [0.1, 0.15) is 0 Å². The molecular formula is C41H31N3. The van der Waals surface area contributed by atoms with Crippen LogP contribution in [0.4, 0.5) is 0 Å². The zero-order chi connectivity index (χ0) is 30.0. The fraction of sp³-hybridized carbons (Fsp3) is 0.0732. The Morgan fingerprint density at radius 3 is 2.36 bits per heavy atom. The molecule has 0 saturated heterocycles. The quantitative estimate of drug-likeness (QED) is 0.154. The summed E-state index contributed by atoms with van der Waals surface area (Å²) in [5, 5.41) is 4.52. The van der Waals surface area contributed by atoms with Crippen LogP contribution in [-0.4, -0.2) is 14.5 Å². The summed E-state index contributed by atoms with van der Waals surface area (Å²) in [6.07, 6.45) is 5.58. The van der Waals surface area contributed by atoms with E-state index >= 15 is 0 Å². The molecule has 8 rings (SSSR count). The van der Waals surface area contributed by atoms with Crippen molar-refractivity contribution >= 4 is 38.2 Å². The molecule has 0 saturated carbocycles. The van der Waals surface area contributed by atoms with Gasteiger partial charge in [-0.25, -0.2) is 9.97 Å². The lowest BCUT2D eigenvalue weighted by molar-refractivity contribution is 0.666. The van der Waals surface area contributed by atoms with Gasteiger partial charge in [0, 0.05) is 44.0 Å². The average Bonchev–Trinajstić information content (AvgIpc) is 3.53. The van der Waals surface area contributed by atoms with Crippen molar-refractivity contribution in [1.82, 2.24) is 14.5 Å². The molecule has 0 radical (unpaired) electrons. The van der Waals surface area contributed by atoms with E-state index in [2.05, 4.69) is 141 Å². The maximum Gasteiger partial charge on any atom is 0.160 e. The third-order valence-electron chi connectivity index (χ3n) is 9.10. The zero-order valence-corrected chi connectivity index (χ0v) is 24.9. The number of fused-ring (bicyclic) bond motifs is 8. The molecule has 5 aromatic carbocycles.